The first-order valence-electron chi connectivity index (χ1n) is 11.6. The number of hydrazone groups is 1. The zero-order valence-corrected chi connectivity index (χ0v) is 20.1. The minimum Gasteiger partial charge on any atom is -0.372 e. The maximum absolute atomic E-state index is 13.3. The SMILES string of the molecule is O=C(N/N=C\c1cn(Cc2ccccc2Cl)c2ccccc12)C(O)(c1ccccc1)c1ccccc1. The van der Waals surface area contributed by atoms with Crippen LogP contribution in [-0.2, 0) is 16.9 Å². The number of fused-ring (bicyclic) bond motifs is 1. The van der Waals surface area contributed by atoms with Gasteiger partial charge in [0.25, 0.3) is 5.91 Å². The van der Waals surface area contributed by atoms with Crippen molar-refractivity contribution in [2.45, 2.75) is 12.1 Å². The van der Waals surface area contributed by atoms with Crippen LogP contribution in [-0.4, -0.2) is 21.8 Å². The van der Waals surface area contributed by atoms with Crippen LogP contribution < -0.4 is 5.43 Å². The van der Waals surface area contributed by atoms with E-state index in [0.717, 1.165) is 22.0 Å². The molecule has 5 nitrogen and oxygen atoms in total. The van der Waals surface area contributed by atoms with Crippen LogP contribution in [0.25, 0.3) is 10.9 Å². The molecule has 5 rings (SSSR count). The van der Waals surface area contributed by atoms with E-state index in [2.05, 4.69) is 15.1 Å². The first-order chi connectivity index (χ1) is 17.6. The van der Waals surface area contributed by atoms with Crippen molar-refractivity contribution in [3.05, 3.63) is 143 Å². The number of hydrogen-bond donors (Lipinski definition) is 2. The van der Waals surface area contributed by atoms with Gasteiger partial charge in [-0.3, -0.25) is 4.79 Å². The molecule has 6 heteroatoms. The first-order valence-corrected chi connectivity index (χ1v) is 11.9. The molecule has 178 valence electrons. The Morgan fingerprint density at radius 1 is 0.861 bits per heavy atom. The van der Waals surface area contributed by atoms with E-state index < -0.39 is 11.5 Å². The molecule has 0 bridgehead atoms. The number of aliphatic hydroxyl groups is 1. The summed E-state index contributed by atoms with van der Waals surface area (Å²) in [5, 5.41) is 17.5. The van der Waals surface area contributed by atoms with E-state index in [9.17, 15) is 9.90 Å². The van der Waals surface area contributed by atoms with Gasteiger partial charge in [-0.1, -0.05) is 109 Å². The third-order valence-electron chi connectivity index (χ3n) is 6.20. The molecule has 36 heavy (non-hydrogen) atoms. The number of halogens is 1. The van der Waals surface area contributed by atoms with Crippen LogP contribution >= 0.6 is 11.6 Å². The van der Waals surface area contributed by atoms with Crippen molar-refractivity contribution in [3.63, 3.8) is 0 Å². The van der Waals surface area contributed by atoms with Crippen molar-refractivity contribution in [2.75, 3.05) is 0 Å². The van der Waals surface area contributed by atoms with E-state index in [4.69, 9.17) is 11.6 Å². The van der Waals surface area contributed by atoms with Gasteiger partial charge in [0, 0.05) is 34.2 Å². The van der Waals surface area contributed by atoms with Gasteiger partial charge in [-0.25, -0.2) is 5.43 Å². The molecular weight excluding hydrogens is 470 g/mol. The van der Waals surface area contributed by atoms with Gasteiger partial charge < -0.3 is 9.67 Å². The fourth-order valence-corrected chi connectivity index (χ4v) is 4.54. The number of amides is 1. The largest absolute Gasteiger partial charge is 0.372 e. The summed E-state index contributed by atoms with van der Waals surface area (Å²) < 4.78 is 2.10. The zero-order chi connectivity index (χ0) is 25.0. The summed E-state index contributed by atoms with van der Waals surface area (Å²) in [6, 6.07) is 33.4. The number of rotatable bonds is 7. The molecule has 0 aliphatic carbocycles. The number of nitrogens with zero attached hydrogens (tertiary/aromatic N) is 2. The summed E-state index contributed by atoms with van der Waals surface area (Å²) in [6.45, 7) is 0.599. The molecule has 0 saturated heterocycles. The summed E-state index contributed by atoms with van der Waals surface area (Å²) in [4.78, 5) is 13.3. The third-order valence-corrected chi connectivity index (χ3v) is 6.57. The first kappa shape index (κ1) is 23.5. The molecule has 1 amide bonds. The molecule has 0 fully saturated rings. The van der Waals surface area contributed by atoms with Crippen molar-refractivity contribution in [1.82, 2.24) is 9.99 Å². The molecule has 0 atom stereocenters. The molecule has 0 saturated carbocycles. The van der Waals surface area contributed by atoms with E-state index in [1.165, 1.54) is 0 Å². The number of hydrogen-bond acceptors (Lipinski definition) is 3. The lowest BCUT2D eigenvalue weighted by atomic mass is 9.85. The fraction of sp³-hybridized carbons (Fsp3) is 0.0667. The van der Waals surface area contributed by atoms with Crippen molar-refractivity contribution >= 4 is 34.6 Å². The highest BCUT2D eigenvalue weighted by atomic mass is 35.5. The number of aromatic nitrogens is 1. The van der Waals surface area contributed by atoms with Crippen LogP contribution in [0.15, 0.2) is 120 Å². The summed E-state index contributed by atoms with van der Waals surface area (Å²) in [5.41, 5.74) is 4.44. The smallest absolute Gasteiger partial charge is 0.281 e. The lowest BCUT2D eigenvalue weighted by Crippen LogP contribution is -2.43. The maximum atomic E-state index is 13.3. The highest BCUT2D eigenvalue weighted by molar-refractivity contribution is 6.31. The molecule has 1 heterocycles. The average molecular weight is 494 g/mol. The normalized spacial score (nSPS) is 11.7. The van der Waals surface area contributed by atoms with Gasteiger partial charge in [-0.05, 0) is 28.8 Å². The van der Waals surface area contributed by atoms with Crippen molar-refractivity contribution in [2.24, 2.45) is 5.10 Å². The third kappa shape index (κ3) is 4.54. The summed E-state index contributed by atoms with van der Waals surface area (Å²) in [6.07, 6.45) is 3.57. The topological polar surface area (TPSA) is 66.6 Å². The lowest BCUT2D eigenvalue weighted by Gasteiger charge is -2.27. The quantitative estimate of drug-likeness (QED) is 0.224. The van der Waals surface area contributed by atoms with Gasteiger partial charge in [0.1, 0.15) is 0 Å². The summed E-state index contributed by atoms with van der Waals surface area (Å²) >= 11 is 6.38. The molecular formula is C30H24ClN3O2. The number of benzene rings is 4. The predicted molar refractivity (Wildman–Crippen MR) is 144 cm³/mol. The van der Waals surface area contributed by atoms with Crippen LogP contribution in [0.5, 0.6) is 0 Å². The molecule has 2 N–H and O–H groups in total. The number of para-hydroxylation sites is 1. The molecule has 0 aliphatic heterocycles. The Labute approximate surface area is 214 Å². The number of nitrogens with one attached hydrogen (secondary N) is 1. The number of carbonyl (C=O) groups is 1. The van der Waals surface area contributed by atoms with Crippen LogP contribution in [0.1, 0.15) is 22.3 Å². The Balaban J connectivity index is 1.44. The van der Waals surface area contributed by atoms with E-state index in [1.54, 1.807) is 54.7 Å². The van der Waals surface area contributed by atoms with Crippen LogP contribution in [0, 0.1) is 0 Å². The second kappa shape index (κ2) is 10.2. The summed E-state index contributed by atoms with van der Waals surface area (Å²) in [7, 11) is 0. The van der Waals surface area contributed by atoms with Gasteiger partial charge in [-0.15, -0.1) is 0 Å². The summed E-state index contributed by atoms with van der Waals surface area (Å²) in [5.74, 6) is -0.643. The van der Waals surface area contributed by atoms with Crippen LogP contribution in [0.4, 0.5) is 0 Å². The zero-order valence-electron chi connectivity index (χ0n) is 19.4. The predicted octanol–water partition coefficient (Wildman–Crippen LogP) is 5.73. The molecule has 4 aromatic carbocycles. The minimum absolute atomic E-state index is 0.459. The molecule has 0 aliphatic rings. The lowest BCUT2D eigenvalue weighted by molar-refractivity contribution is -0.136. The Hall–Kier alpha value is -4.19. The average Bonchev–Trinajstić information content (AvgIpc) is 3.27. The van der Waals surface area contributed by atoms with Gasteiger partial charge in [0.15, 0.2) is 5.60 Å². The monoisotopic (exact) mass is 493 g/mol. The van der Waals surface area contributed by atoms with Crippen LogP contribution in [0.3, 0.4) is 0 Å². The fourth-order valence-electron chi connectivity index (χ4n) is 4.35. The Morgan fingerprint density at radius 2 is 1.44 bits per heavy atom. The number of carbonyl (C=O) groups excluding carboxylic acids is 1. The highest BCUT2D eigenvalue weighted by Gasteiger charge is 2.39. The molecule has 5 aromatic rings. The standard InChI is InChI=1S/C30H24ClN3O2/c31-27-17-9-7-11-22(27)20-34-21-23(26-16-8-10-18-28(26)34)19-32-33-29(35)30(36,24-12-3-1-4-13-24)25-14-5-2-6-15-25/h1-19,21,36H,20H2,(H,33,35)/b32-19-. The van der Waals surface area contributed by atoms with Crippen molar-refractivity contribution < 1.29 is 9.90 Å². The highest BCUT2D eigenvalue weighted by Crippen LogP contribution is 2.30. The van der Waals surface area contributed by atoms with Crippen molar-refractivity contribution in [1.29, 1.82) is 0 Å². The van der Waals surface area contributed by atoms with Crippen LogP contribution in [0.2, 0.25) is 5.02 Å². The second-order valence-corrected chi connectivity index (χ2v) is 8.87. The molecule has 0 unspecified atom stereocenters. The Bertz CT molecular complexity index is 1490. The van der Waals surface area contributed by atoms with Crippen molar-refractivity contribution in [3.8, 4) is 0 Å². The Kier molecular flexibility index (Phi) is 6.67. The van der Waals surface area contributed by atoms with Gasteiger partial charge in [0.2, 0.25) is 0 Å². The van der Waals surface area contributed by atoms with E-state index >= 15 is 0 Å². The van der Waals surface area contributed by atoms with E-state index in [0.29, 0.717) is 22.7 Å². The molecule has 1 aromatic heterocycles. The molecule has 0 radical (unpaired) electrons. The maximum Gasteiger partial charge on any atom is 0.281 e. The van der Waals surface area contributed by atoms with Gasteiger partial charge >= 0.3 is 0 Å². The minimum atomic E-state index is -1.89. The molecule has 0 spiro atoms. The van der Waals surface area contributed by atoms with Gasteiger partial charge in [0.05, 0.1) is 6.21 Å². The van der Waals surface area contributed by atoms with E-state index in [-0.39, 0.29) is 0 Å². The van der Waals surface area contributed by atoms with E-state index in [1.807, 2.05) is 66.9 Å². The Morgan fingerprint density at radius 3 is 2.11 bits per heavy atom. The van der Waals surface area contributed by atoms with Gasteiger partial charge in [-0.2, -0.15) is 5.10 Å². The second-order valence-electron chi connectivity index (χ2n) is 8.46.